The third-order valence-electron chi connectivity index (χ3n) is 2.53. The zero-order chi connectivity index (χ0) is 10.8. The summed E-state index contributed by atoms with van der Waals surface area (Å²) in [4.78, 5) is 21.7. The molecule has 0 radical (unpaired) electrons. The van der Waals surface area contributed by atoms with E-state index in [-0.39, 0.29) is 23.3 Å². The summed E-state index contributed by atoms with van der Waals surface area (Å²) < 4.78 is 0. The van der Waals surface area contributed by atoms with Crippen molar-refractivity contribution in [2.45, 2.75) is 33.2 Å². The van der Waals surface area contributed by atoms with E-state index in [2.05, 4.69) is 19.2 Å². The minimum atomic E-state index is -0.174. The maximum absolute atomic E-state index is 10.9. The second-order valence-electron chi connectivity index (χ2n) is 4.57. The zero-order valence-electron chi connectivity index (χ0n) is 8.91. The summed E-state index contributed by atoms with van der Waals surface area (Å²) in [6.45, 7) is 5.67. The van der Waals surface area contributed by atoms with Crippen molar-refractivity contribution in [2.75, 3.05) is 0 Å². The highest BCUT2D eigenvalue weighted by Gasteiger charge is 2.30. The van der Waals surface area contributed by atoms with Crippen LogP contribution in [0.2, 0.25) is 0 Å². The summed E-state index contributed by atoms with van der Waals surface area (Å²) in [6, 6.07) is -0.0509. The molecule has 0 bridgehead atoms. The molecule has 1 N–H and O–H groups in total. The van der Waals surface area contributed by atoms with Gasteiger partial charge >= 0.3 is 0 Å². The van der Waals surface area contributed by atoms with Gasteiger partial charge in [0, 0.05) is 13.0 Å². The number of allylic oxidation sites excluding steroid dienone is 1. The van der Waals surface area contributed by atoms with Gasteiger partial charge in [0.1, 0.15) is 6.29 Å². The van der Waals surface area contributed by atoms with Gasteiger partial charge in [-0.05, 0) is 11.8 Å². The van der Waals surface area contributed by atoms with E-state index in [1.54, 1.807) is 0 Å². The summed E-state index contributed by atoms with van der Waals surface area (Å²) in [5.41, 5.74) is 0.0621. The van der Waals surface area contributed by atoms with Crippen molar-refractivity contribution in [1.82, 2.24) is 5.32 Å². The number of carbonyl (C=O) groups is 2. The topological polar surface area (TPSA) is 46.2 Å². The first-order valence-electron chi connectivity index (χ1n) is 4.86. The second kappa shape index (κ2) is 3.95. The molecule has 2 unspecified atom stereocenters. The van der Waals surface area contributed by atoms with E-state index in [9.17, 15) is 9.59 Å². The molecule has 0 aromatic heterocycles. The van der Waals surface area contributed by atoms with Gasteiger partial charge in [-0.3, -0.25) is 4.79 Å². The lowest BCUT2D eigenvalue weighted by molar-refractivity contribution is -0.120. The smallest absolute Gasteiger partial charge is 0.217 e. The van der Waals surface area contributed by atoms with Gasteiger partial charge < -0.3 is 10.1 Å². The van der Waals surface area contributed by atoms with E-state index >= 15 is 0 Å². The minimum absolute atomic E-state index is 0.0509. The van der Waals surface area contributed by atoms with Crippen LogP contribution in [0.1, 0.15) is 27.2 Å². The summed E-state index contributed by atoms with van der Waals surface area (Å²) in [7, 11) is 0. The van der Waals surface area contributed by atoms with Gasteiger partial charge in [0.2, 0.25) is 5.91 Å². The minimum Gasteiger partial charge on any atom is -0.353 e. The number of aldehydes is 1. The molecule has 0 aromatic rings. The molecule has 0 aromatic carbocycles. The fraction of sp³-hybridized carbons (Fsp3) is 0.636. The van der Waals surface area contributed by atoms with E-state index in [4.69, 9.17) is 0 Å². The van der Waals surface area contributed by atoms with Gasteiger partial charge in [0.25, 0.3) is 0 Å². The molecule has 0 fully saturated rings. The van der Waals surface area contributed by atoms with Crippen molar-refractivity contribution in [3.8, 4) is 0 Å². The predicted molar refractivity (Wildman–Crippen MR) is 54.7 cm³/mol. The molecular formula is C11H17NO2. The van der Waals surface area contributed by atoms with Gasteiger partial charge in [0.05, 0.1) is 5.92 Å². The van der Waals surface area contributed by atoms with Gasteiger partial charge in [-0.25, -0.2) is 0 Å². The Kier molecular flexibility index (Phi) is 3.09. The highest BCUT2D eigenvalue weighted by atomic mass is 16.1. The summed E-state index contributed by atoms with van der Waals surface area (Å²) in [5, 5.41) is 2.82. The molecule has 1 aliphatic rings. The van der Waals surface area contributed by atoms with Crippen LogP contribution in [0.4, 0.5) is 0 Å². The molecule has 3 nitrogen and oxygen atoms in total. The van der Waals surface area contributed by atoms with Crippen molar-refractivity contribution < 1.29 is 9.59 Å². The molecule has 1 rings (SSSR count). The van der Waals surface area contributed by atoms with Gasteiger partial charge in [-0.1, -0.05) is 26.0 Å². The molecule has 0 spiro atoms. The van der Waals surface area contributed by atoms with Crippen LogP contribution in [-0.4, -0.2) is 18.2 Å². The molecule has 1 amide bonds. The fourth-order valence-electron chi connectivity index (χ4n) is 1.83. The molecule has 0 saturated carbocycles. The average Bonchev–Trinajstić information content (AvgIpc) is 2.01. The van der Waals surface area contributed by atoms with Gasteiger partial charge in [-0.15, -0.1) is 0 Å². The lowest BCUT2D eigenvalue weighted by Crippen LogP contribution is -2.43. The van der Waals surface area contributed by atoms with Crippen LogP contribution in [0.5, 0.6) is 0 Å². The number of hydrogen-bond acceptors (Lipinski definition) is 2. The fourth-order valence-corrected chi connectivity index (χ4v) is 1.83. The molecule has 3 heteroatoms. The molecule has 0 saturated heterocycles. The Morgan fingerprint density at radius 2 is 2.21 bits per heavy atom. The molecule has 78 valence electrons. The van der Waals surface area contributed by atoms with Crippen LogP contribution < -0.4 is 5.32 Å². The lowest BCUT2D eigenvalue weighted by Gasteiger charge is -2.34. The highest BCUT2D eigenvalue weighted by molar-refractivity contribution is 5.74. The maximum atomic E-state index is 10.9. The number of nitrogens with one attached hydrogen (secondary N) is 1. The van der Waals surface area contributed by atoms with Crippen LogP contribution in [0.25, 0.3) is 0 Å². The Morgan fingerprint density at radius 3 is 2.71 bits per heavy atom. The third kappa shape index (κ3) is 2.69. The van der Waals surface area contributed by atoms with E-state index in [0.717, 1.165) is 12.7 Å². The Morgan fingerprint density at radius 1 is 1.57 bits per heavy atom. The summed E-state index contributed by atoms with van der Waals surface area (Å²) >= 11 is 0. The Balaban J connectivity index is 2.76. The van der Waals surface area contributed by atoms with Gasteiger partial charge in [-0.2, -0.15) is 0 Å². The summed E-state index contributed by atoms with van der Waals surface area (Å²) in [5.74, 6) is -0.250. The van der Waals surface area contributed by atoms with Crippen molar-refractivity contribution in [1.29, 1.82) is 0 Å². The van der Waals surface area contributed by atoms with Crippen molar-refractivity contribution in [3.05, 3.63) is 12.2 Å². The second-order valence-corrected chi connectivity index (χ2v) is 4.57. The molecule has 0 aliphatic heterocycles. The quantitative estimate of drug-likeness (QED) is 0.533. The first-order chi connectivity index (χ1) is 6.44. The van der Waals surface area contributed by atoms with E-state index < -0.39 is 0 Å². The van der Waals surface area contributed by atoms with E-state index in [1.807, 2.05) is 12.2 Å². The van der Waals surface area contributed by atoms with Gasteiger partial charge in [0.15, 0.2) is 0 Å². The van der Waals surface area contributed by atoms with E-state index in [0.29, 0.717) is 0 Å². The number of amides is 1. The number of rotatable bonds is 2. The van der Waals surface area contributed by atoms with Crippen LogP contribution in [0.15, 0.2) is 12.2 Å². The van der Waals surface area contributed by atoms with Crippen LogP contribution in [-0.2, 0) is 9.59 Å². The standard InChI is InChI=1S/C11H17NO2/c1-8(14)12-10-6-11(2,3)5-4-9(10)7-13/h4-5,7,9-10H,6H2,1-3H3,(H,12,14). The first kappa shape index (κ1) is 11.0. The highest BCUT2D eigenvalue weighted by Crippen LogP contribution is 2.31. The lowest BCUT2D eigenvalue weighted by atomic mass is 9.76. The van der Waals surface area contributed by atoms with Crippen molar-refractivity contribution in [3.63, 3.8) is 0 Å². The molecule has 1 aliphatic carbocycles. The third-order valence-corrected chi connectivity index (χ3v) is 2.53. The molecule has 0 heterocycles. The molecule has 14 heavy (non-hydrogen) atoms. The maximum Gasteiger partial charge on any atom is 0.217 e. The monoisotopic (exact) mass is 195 g/mol. The van der Waals surface area contributed by atoms with Crippen molar-refractivity contribution in [2.24, 2.45) is 11.3 Å². The van der Waals surface area contributed by atoms with Crippen molar-refractivity contribution >= 4 is 12.2 Å². The molecule has 2 atom stereocenters. The van der Waals surface area contributed by atoms with Crippen LogP contribution in [0, 0.1) is 11.3 Å². The Hall–Kier alpha value is -1.12. The summed E-state index contributed by atoms with van der Waals surface area (Å²) in [6.07, 6.45) is 5.64. The Labute approximate surface area is 84.6 Å². The SMILES string of the molecule is CC(=O)NC1CC(C)(C)C=CC1C=O. The normalized spacial score (nSPS) is 29.6. The van der Waals surface area contributed by atoms with Crippen LogP contribution in [0.3, 0.4) is 0 Å². The van der Waals surface area contributed by atoms with E-state index in [1.165, 1.54) is 6.92 Å². The number of carbonyl (C=O) groups excluding carboxylic acids is 2. The average molecular weight is 195 g/mol. The Bertz CT molecular complexity index is 268. The predicted octanol–water partition coefficient (Wildman–Crippen LogP) is 1.29. The first-order valence-corrected chi connectivity index (χ1v) is 4.86. The zero-order valence-corrected chi connectivity index (χ0v) is 8.91. The van der Waals surface area contributed by atoms with Crippen LogP contribution >= 0.6 is 0 Å². The number of hydrogen-bond donors (Lipinski definition) is 1. The molecular weight excluding hydrogens is 178 g/mol. The largest absolute Gasteiger partial charge is 0.353 e.